The van der Waals surface area contributed by atoms with E-state index in [1.807, 2.05) is 13.0 Å². The lowest BCUT2D eigenvalue weighted by molar-refractivity contribution is 0.446. The maximum Gasteiger partial charge on any atom is 0.147 e. The van der Waals surface area contributed by atoms with E-state index in [0.717, 1.165) is 5.56 Å². The van der Waals surface area contributed by atoms with Crippen LogP contribution in [0.3, 0.4) is 0 Å². The first kappa shape index (κ1) is 15.2. The van der Waals surface area contributed by atoms with E-state index in [-0.39, 0.29) is 5.75 Å². The number of hydrogen-bond acceptors (Lipinski definition) is 3. The van der Waals surface area contributed by atoms with E-state index in [9.17, 15) is 8.42 Å². The van der Waals surface area contributed by atoms with Gasteiger partial charge in [-0.15, -0.1) is 0 Å². The van der Waals surface area contributed by atoms with Gasteiger partial charge in [0.25, 0.3) is 0 Å². The lowest BCUT2D eigenvalue weighted by atomic mass is 9.87. The first-order valence-corrected chi connectivity index (χ1v) is 8.22. The molecule has 1 unspecified atom stereocenters. The molecule has 0 saturated heterocycles. The van der Waals surface area contributed by atoms with Crippen LogP contribution in [0.4, 0.5) is 0 Å². The SMILES string of the molecule is Cc1ccc(C(C)(N)CCCS(C)(=O)=O)cc1C. The van der Waals surface area contributed by atoms with Crippen LogP contribution in [0.25, 0.3) is 0 Å². The normalized spacial score (nSPS) is 15.4. The van der Waals surface area contributed by atoms with E-state index >= 15 is 0 Å². The second kappa shape index (κ2) is 5.41. The summed E-state index contributed by atoms with van der Waals surface area (Å²) in [6, 6.07) is 6.19. The van der Waals surface area contributed by atoms with Gasteiger partial charge >= 0.3 is 0 Å². The van der Waals surface area contributed by atoms with E-state index in [1.165, 1.54) is 17.4 Å². The van der Waals surface area contributed by atoms with Crippen molar-refractivity contribution in [3.05, 3.63) is 34.9 Å². The molecule has 0 spiro atoms. The van der Waals surface area contributed by atoms with Crippen LogP contribution in [-0.4, -0.2) is 20.4 Å². The highest BCUT2D eigenvalue weighted by Crippen LogP contribution is 2.25. The van der Waals surface area contributed by atoms with Gasteiger partial charge in [0.05, 0.1) is 0 Å². The van der Waals surface area contributed by atoms with Gasteiger partial charge in [-0.2, -0.15) is 0 Å². The number of benzene rings is 1. The third-order valence-corrected chi connectivity index (χ3v) is 4.41. The van der Waals surface area contributed by atoms with Gasteiger partial charge in [-0.1, -0.05) is 18.2 Å². The Bertz CT molecular complexity index is 519. The van der Waals surface area contributed by atoms with E-state index in [4.69, 9.17) is 5.73 Å². The molecule has 0 heterocycles. The van der Waals surface area contributed by atoms with Gasteiger partial charge in [0.2, 0.25) is 0 Å². The van der Waals surface area contributed by atoms with Gasteiger partial charge in [0.15, 0.2) is 0 Å². The minimum Gasteiger partial charge on any atom is -0.322 e. The quantitative estimate of drug-likeness (QED) is 0.892. The summed E-state index contributed by atoms with van der Waals surface area (Å²) < 4.78 is 22.2. The van der Waals surface area contributed by atoms with Crippen LogP contribution in [0.15, 0.2) is 18.2 Å². The smallest absolute Gasteiger partial charge is 0.147 e. The van der Waals surface area contributed by atoms with Crippen molar-refractivity contribution in [1.29, 1.82) is 0 Å². The van der Waals surface area contributed by atoms with E-state index in [0.29, 0.717) is 12.8 Å². The van der Waals surface area contributed by atoms with Crippen LogP contribution in [0.2, 0.25) is 0 Å². The topological polar surface area (TPSA) is 60.2 Å². The fraction of sp³-hybridized carbons (Fsp3) is 0.571. The van der Waals surface area contributed by atoms with E-state index < -0.39 is 15.4 Å². The Labute approximate surface area is 110 Å². The average Bonchev–Trinajstić information content (AvgIpc) is 2.19. The molecule has 0 aliphatic heterocycles. The van der Waals surface area contributed by atoms with Crippen molar-refractivity contribution in [2.24, 2.45) is 5.73 Å². The summed E-state index contributed by atoms with van der Waals surface area (Å²) in [5.74, 6) is 0.199. The third-order valence-electron chi connectivity index (χ3n) is 3.38. The predicted molar refractivity (Wildman–Crippen MR) is 76.4 cm³/mol. The molecule has 1 aromatic rings. The predicted octanol–water partition coefficient (Wildman–Crippen LogP) is 2.30. The fourth-order valence-electron chi connectivity index (χ4n) is 1.94. The monoisotopic (exact) mass is 269 g/mol. The van der Waals surface area contributed by atoms with Crippen molar-refractivity contribution in [1.82, 2.24) is 0 Å². The van der Waals surface area contributed by atoms with Crippen LogP contribution < -0.4 is 5.73 Å². The van der Waals surface area contributed by atoms with Crippen molar-refractivity contribution in [3.8, 4) is 0 Å². The first-order chi connectivity index (χ1) is 8.12. The highest BCUT2D eigenvalue weighted by molar-refractivity contribution is 7.90. The minimum atomic E-state index is -2.90. The summed E-state index contributed by atoms with van der Waals surface area (Å²) in [6.45, 7) is 6.08. The lowest BCUT2D eigenvalue weighted by Crippen LogP contribution is -2.33. The maximum absolute atomic E-state index is 11.1. The molecule has 1 atom stereocenters. The standard InChI is InChI=1S/C14H23NO2S/c1-11-6-7-13(10-12(11)2)14(3,15)8-5-9-18(4,16)17/h6-7,10H,5,8-9,15H2,1-4H3. The molecule has 0 fully saturated rings. The summed E-state index contributed by atoms with van der Waals surface area (Å²) in [4.78, 5) is 0. The van der Waals surface area contributed by atoms with E-state index in [2.05, 4.69) is 26.0 Å². The van der Waals surface area contributed by atoms with Crippen LogP contribution in [0, 0.1) is 13.8 Å². The molecule has 0 saturated carbocycles. The van der Waals surface area contributed by atoms with Gasteiger partial charge < -0.3 is 5.73 Å². The zero-order chi connectivity index (χ0) is 14.0. The van der Waals surface area contributed by atoms with Crippen LogP contribution in [0.5, 0.6) is 0 Å². The Kier molecular flexibility index (Phi) is 4.56. The summed E-state index contributed by atoms with van der Waals surface area (Å²) in [5, 5.41) is 0. The van der Waals surface area contributed by atoms with Crippen molar-refractivity contribution >= 4 is 9.84 Å². The van der Waals surface area contributed by atoms with Crippen molar-refractivity contribution in [2.45, 2.75) is 39.2 Å². The minimum absolute atomic E-state index is 0.199. The summed E-state index contributed by atoms with van der Waals surface area (Å²) in [6.07, 6.45) is 2.53. The molecule has 2 N–H and O–H groups in total. The second-order valence-corrected chi connectivity index (χ2v) is 7.71. The molecule has 0 amide bonds. The van der Waals surface area contributed by atoms with Crippen molar-refractivity contribution in [2.75, 3.05) is 12.0 Å². The Morgan fingerprint density at radius 3 is 2.33 bits per heavy atom. The number of sulfone groups is 1. The molecule has 102 valence electrons. The van der Waals surface area contributed by atoms with Crippen LogP contribution >= 0.6 is 0 Å². The molecule has 0 bridgehead atoms. The van der Waals surface area contributed by atoms with Gasteiger partial charge in [0.1, 0.15) is 9.84 Å². The molecule has 0 aromatic heterocycles. The summed E-state index contributed by atoms with van der Waals surface area (Å²) >= 11 is 0. The molecular weight excluding hydrogens is 246 g/mol. The fourth-order valence-corrected chi connectivity index (χ4v) is 2.61. The number of aryl methyl sites for hydroxylation is 2. The Balaban J connectivity index is 2.76. The third kappa shape index (κ3) is 4.42. The van der Waals surface area contributed by atoms with Gasteiger partial charge in [-0.25, -0.2) is 8.42 Å². The summed E-state index contributed by atoms with van der Waals surface area (Å²) in [7, 11) is -2.90. The molecular formula is C14H23NO2S. The summed E-state index contributed by atoms with van der Waals surface area (Å²) in [5.41, 5.74) is 9.35. The molecule has 1 aromatic carbocycles. The first-order valence-electron chi connectivity index (χ1n) is 6.16. The van der Waals surface area contributed by atoms with Crippen molar-refractivity contribution < 1.29 is 8.42 Å². The Morgan fingerprint density at radius 1 is 1.22 bits per heavy atom. The zero-order valence-corrected chi connectivity index (χ0v) is 12.5. The van der Waals surface area contributed by atoms with E-state index in [1.54, 1.807) is 0 Å². The number of nitrogens with two attached hydrogens (primary N) is 1. The van der Waals surface area contributed by atoms with Crippen LogP contribution in [0.1, 0.15) is 36.5 Å². The molecule has 0 radical (unpaired) electrons. The average molecular weight is 269 g/mol. The highest BCUT2D eigenvalue weighted by Gasteiger charge is 2.21. The molecule has 0 aliphatic carbocycles. The highest BCUT2D eigenvalue weighted by atomic mass is 32.2. The largest absolute Gasteiger partial charge is 0.322 e. The van der Waals surface area contributed by atoms with Gasteiger partial charge in [0, 0.05) is 17.5 Å². The molecule has 1 rings (SSSR count). The number of hydrogen-bond donors (Lipinski definition) is 1. The van der Waals surface area contributed by atoms with Gasteiger partial charge in [-0.05, 0) is 50.3 Å². The second-order valence-electron chi connectivity index (χ2n) is 5.45. The van der Waals surface area contributed by atoms with Crippen molar-refractivity contribution in [3.63, 3.8) is 0 Å². The number of rotatable bonds is 5. The zero-order valence-electron chi connectivity index (χ0n) is 11.7. The van der Waals surface area contributed by atoms with Gasteiger partial charge in [-0.3, -0.25) is 0 Å². The Morgan fingerprint density at radius 2 is 1.83 bits per heavy atom. The van der Waals surface area contributed by atoms with Crippen LogP contribution in [-0.2, 0) is 15.4 Å². The molecule has 3 nitrogen and oxygen atoms in total. The molecule has 4 heteroatoms. The Hall–Kier alpha value is -0.870. The molecule has 18 heavy (non-hydrogen) atoms. The maximum atomic E-state index is 11.1. The molecule has 0 aliphatic rings. The lowest BCUT2D eigenvalue weighted by Gasteiger charge is -2.26.